The fourth-order valence-corrected chi connectivity index (χ4v) is 5.77. The molecule has 2 aromatic rings. The number of H-pyrrole nitrogens is 1. The summed E-state index contributed by atoms with van der Waals surface area (Å²) in [4.78, 5) is 63.8. The minimum atomic E-state index is -5.15. The van der Waals surface area contributed by atoms with Crippen LogP contribution in [0.1, 0.15) is 50.4 Å². The standard InChI is InChI=1S/C24H24F3N5O6/c1-21(17(35)28-13-6-4-5-12(7-13)16(33)34)9-22(2)11-23(3,10-21)20(38)32(19(22)37)15-8-14(30-31-15)29-18(36)24(25,26)27/h4-8H,9-11H2,1-3H3,(H,28,35)(H,33,34)(H2,29,30,31,36). The zero-order chi connectivity index (χ0) is 28.3. The molecule has 2 bridgehead atoms. The molecule has 0 spiro atoms. The number of halogens is 3. The van der Waals surface area contributed by atoms with Crippen LogP contribution in [0.25, 0.3) is 0 Å². The number of anilines is 3. The van der Waals surface area contributed by atoms with E-state index in [0.29, 0.717) is 0 Å². The fraction of sp³-hybridized carbons (Fsp3) is 0.417. The van der Waals surface area contributed by atoms with Crippen molar-refractivity contribution in [3.63, 3.8) is 0 Å². The Morgan fingerprint density at radius 1 is 1.00 bits per heavy atom. The SMILES string of the molecule is CC1(C(=O)Nc2cccc(C(=O)O)c2)CC2(C)CC(C)(C1)C(=O)N(c1cc(NC(=O)C(F)(F)F)[nH]n1)C2=O. The Hall–Kier alpha value is -4.23. The molecule has 2 aliphatic rings. The lowest BCUT2D eigenvalue weighted by molar-refractivity contribution is -0.167. The molecule has 1 saturated carbocycles. The summed E-state index contributed by atoms with van der Waals surface area (Å²) in [6, 6.07) is 6.61. The Kier molecular flexibility index (Phi) is 6.12. The summed E-state index contributed by atoms with van der Waals surface area (Å²) in [6.45, 7) is 4.82. The number of aromatic amines is 1. The van der Waals surface area contributed by atoms with E-state index < -0.39 is 57.8 Å². The summed E-state index contributed by atoms with van der Waals surface area (Å²) < 4.78 is 37.8. The zero-order valence-corrected chi connectivity index (χ0v) is 20.5. The van der Waals surface area contributed by atoms with E-state index in [1.807, 2.05) is 0 Å². The molecule has 4 rings (SSSR count). The summed E-state index contributed by atoms with van der Waals surface area (Å²) in [5.74, 6) is -6.04. The summed E-state index contributed by atoms with van der Waals surface area (Å²) in [5.41, 5.74) is -3.42. The molecule has 2 heterocycles. The van der Waals surface area contributed by atoms with Crippen LogP contribution in [0.2, 0.25) is 0 Å². The Bertz CT molecular complexity index is 1340. The van der Waals surface area contributed by atoms with E-state index in [1.54, 1.807) is 26.1 Å². The van der Waals surface area contributed by atoms with Crippen molar-refractivity contribution in [3.8, 4) is 0 Å². The van der Waals surface area contributed by atoms with Gasteiger partial charge in [-0.15, -0.1) is 0 Å². The monoisotopic (exact) mass is 535 g/mol. The number of imide groups is 1. The van der Waals surface area contributed by atoms with Gasteiger partial charge in [-0.1, -0.05) is 26.8 Å². The molecule has 1 aliphatic heterocycles. The van der Waals surface area contributed by atoms with Gasteiger partial charge in [0.05, 0.1) is 5.56 Å². The number of hydrogen-bond acceptors (Lipinski definition) is 6. The van der Waals surface area contributed by atoms with Crippen LogP contribution in [-0.2, 0) is 19.2 Å². The van der Waals surface area contributed by atoms with Crippen molar-refractivity contribution >= 4 is 46.9 Å². The highest BCUT2D eigenvalue weighted by Crippen LogP contribution is 2.59. The van der Waals surface area contributed by atoms with Crippen LogP contribution in [0.5, 0.6) is 0 Å². The quantitative estimate of drug-likeness (QED) is 0.427. The van der Waals surface area contributed by atoms with E-state index in [2.05, 4.69) is 15.5 Å². The summed E-state index contributed by atoms with van der Waals surface area (Å²) in [5, 5.41) is 19.4. The highest BCUT2D eigenvalue weighted by molar-refractivity contribution is 6.20. The Labute approximate surface area is 213 Å². The maximum absolute atomic E-state index is 13.6. The number of benzene rings is 1. The molecular weight excluding hydrogens is 511 g/mol. The maximum atomic E-state index is 13.6. The number of hydrogen-bond donors (Lipinski definition) is 4. The molecule has 14 heteroatoms. The Balaban J connectivity index is 1.60. The molecule has 0 radical (unpaired) electrons. The number of nitrogens with zero attached hydrogens (tertiary/aromatic N) is 2. The van der Waals surface area contributed by atoms with E-state index in [4.69, 9.17) is 0 Å². The van der Waals surface area contributed by atoms with Crippen molar-refractivity contribution in [2.75, 3.05) is 15.5 Å². The number of amides is 4. The molecule has 1 aliphatic carbocycles. The van der Waals surface area contributed by atoms with Crippen molar-refractivity contribution in [2.24, 2.45) is 16.2 Å². The highest BCUT2D eigenvalue weighted by atomic mass is 19.4. The smallest absolute Gasteiger partial charge is 0.471 e. The van der Waals surface area contributed by atoms with Gasteiger partial charge in [-0.2, -0.15) is 18.3 Å². The third kappa shape index (κ3) is 4.61. The van der Waals surface area contributed by atoms with Gasteiger partial charge in [0.1, 0.15) is 5.82 Å². The number of nitrogens with one attached hydrogen (secondary N) is 3. The fourth-order valence-electron chi connectivity index (χ4n) is 5.77. The predicted octanol–water partition coefficient (Wildman–Crippen LogP) is 3.32. The van der Waals surface area contributed by atoms with Crippen molar-refractivity contribution in [1.29, 1.82) is 0 Å². The van der Waals surface area contributed by atoms with Crippen LogP contribution < -0.4 is 15.5 Å². The molecule has 2 fully saturated rings. The molecule has 1 aromatic carbocycles. The van der Waals surface area contributed by atoms with E-state index in [-0.39, 0.29) is 36.3 Å². The van der Waals surface area contributed by atoms with Crippen molar-refractivity contribution < 1.29 is 42.3 Å². The lowest BCUT2D eigenvalue weighted by atomic mass is 9.51. The van der Waals surface area contributed by atoms with E-state index in [9.17, 15) is 42.3 Å². The molecule has 4 N–H and O–H groups in total. The normalized spacial score (nSPS) is 27.2. The average molecular weight is 535 g/mol. The number of aromatic carboxylic acids is 1. The number of carbonyl (C=O) groups is 5. The topological polar surface area (TPSA) is 162 Å². The van der Waals surface area contributed by atoms with Gasteiger partial charge in [0.25, 0.3) is 0 Å². The summed E-state index contributed by atoms with van der Waals surface area (Å²) >= 11 is 0. The number of carboxylic acid groups (broad SMARTS) is 1. The summed E-state index contributed by atoms with van der Waals surface area (Å²) in [6.07, 6.45) is -4.96. The lowest BCUT2D eigenvalue weighted by Gasteiger charge is -2.55. The van der Waals surface area contributed by atoms with Gasteiger partial charge in [0.15, 0.2) is 5.82 Å². The van der Waals surface area contributed by atoms with Crippen LogP contribution >= 0.6 is 0 Å². The molecule has 11 nitrogen and oxygen atoms in total. The number of piperidine rings is 1. The maximum Gasteiger partial charge on any atom is 0.471 e. The number of fused-ring (bicyclic) bond motifs is 2. The molecular formula is C24H24F3N5O6. The Morgan fingerprint density at radius 3 is 2.16 bits per heavy atom. The highest BCUT2D eigenvalue weighted by Gasteiger charge is 2.63. The second kappa shape index (κ2) is 8.67. The van der Waals surface area contributed by atoms with Gasteiger partial charge in [-0.25, -0.2) is 9.69 Å². The van der Waals surface area contributed by atoms with Crippen LogP contribution in [0.15, 0.2) is 30.3 Å². The lowest BCUT2D eigenvalue weighted by Crippen LogP contribution is -2.65. The van der Waals surface area contributed by atoms with Crippen LogP contribution in [-0.4, -0.2) is 51.1 Å². The van der Waals surface area contributed by atoms with Gasteiger partial charge < -0.3 is 15.7 Å². The molecule has 2 atom stereocenters. The van der Waals surface area contributed by atoms with Gasteiger partial charge >= 0.3 is 18.1 Å². The van der Waals surface area contributed by atoms with Gasteiger partial charge in [0.2, 0.25) is 17.7 Å². The van der Waals surface area contributed by atoms with Crippen molar-refractivity contribution in [1.82, 2.24) is 10.2 Å². The van der Waals surface area contributed by atoms with E-state index in [1.165, 1.54) is 24.3 Å². The number of rotatable bonds is 5. The minimum Gasteiger partial charge on any atom is -0.478 e. The first kappa shape index (κ1) is 26.8. The average Bonchev–Trinajstić information content (AvgIpc) is 3.25. The molecule has 2 unspecified atom stereocenters. The van der Waals surface area contributed by atoms with Crippen LogP contribution in [0.4, 0.5) is 30.5 Å². The van der Waals surface area contributed by atoms with E-state index in [0.717, 1.165) is 11.0 Å². The van der Waals surface area contributed by atoms with Crippen LogP contribution in [0.3, 0.4) is 0 Å². The number of carboxylic acids is 1. The third-order valence-electron chi connectivity index (χ3n) is 6.99. The Morgan fingerprint density at radius 2 is 1.61 bits per heavy atom. The minimum absolute atomic E-state index is 0.0295. The van der Waals surface area contributed by atoms with Gasteiger partial charge in [-0.05, 0) is 37.5 Å². The molecule has 1 aromatic heterocycles. The number of carbonyl (C=O) groups excluding carboxylic acids is 4. The number of aromatic nitrogens is 2. The largest absolute Gasteiger partial charge is 0.478 e. The zero-order valence-electron chi connectivity index (χ0n) is 20.5. The van der Waals surface area contributed by atoms with Crippen molar-refractivity contribution in [2.45, 2.75) is 46.2 Å². The van der Waals surface area contributed by atoms with Gasteiger partial charge in [0, 0.05) is 28.0 Å². The summed E-state index contributed by atoms with van der Waals surface area (Å²) in [7, 11) is 0. The number of alkyl halides is 3. The second-order valence-electron chi connectivity index (χ2n) is 10.6. The molecule has 202 valence electrons. The first-order chi connectivity index (χ1) is 17.5. The second-order valence-corrected chi connectivity index (χ2v) is 10.6. The third-order valence-corrected chi connectivity index (χ3v) is 6.99. The first-order valence-corrected chi connectivity index (χ1v) is 11.4. The van der Waals surface area contributed by atoms with Gasteiger partial charge in [-0.3, -0.25) is 24.3 Å². The molecule has 38 heavy (non-hydrogen) atoms. The molecule has 4 amide bonds. The molecule has 1 saturated heterocycles. The van der Waals surface area contributed by atoms with Crippen LogP contribution in [0, 0.1) is 16.2 Å². The first-order valence-electron chi connectivity index (χ1n) is 11.4. The predicted molar refractivity (Wildman–Crippen MR) is 126 cm³/mol. The van der Waals surface area contributed by atoms with E-state index >= 15 is 0 Å². The van der Waals surface area contributed by atoms with Crippen molar-refractivity contribution in [3.05, 3.63) is 35.9 Å².